The maximum Gasteiger partial charge on any atom is 0.303 e. The number of anilines is 1. The van der Waals surface area contributed by atoms with Crippen LogP contribution in [0.5, 0.6) is 0 Å². The van der Waals surface area contributed by atoms with Crippen molar-refractivity contribution < 1.29 is 74.1 Å². The highest BCUT2D eigenvalue weighted by Gasteiger charge is 2.49. The smallest absolute Gasteiger partial charge is 0.303 e. The minimum atomic E-state index is -4.42. The Morgan fingerprint density at radius 2 is 1.13 bits per heavy atom. The van der Waals surface area contributed by atoms with E-state index in [0.717, 1.165) is 62.9 Å². The fraction of sp³-hybridized carbons (Fsp3) is 0.483. The largest absolute Gasteiger partial charge is 0.481 e. The first-order valence-electron chi connectivity index (χ1n) is 27.0. The third-order valence-electron chi connectivity index (χ3n) is 14.4. The number of ether oxygens (including phenoxy) is 8. The molecule has 0 amide bonds. The van der Waals surface area contributed by atoms with Crippen molar-refractivity contribution in [3.05, 3.63) is 120 Å². The van der Waals surface area contributed by atoms with E-state index in [9.17, 15) is 31.6 Å². The van der Waals surface area contributed by atoms with E-state index in [0.29, 0.717) is 130 Å². The zero-order valence-electron chi connectivity index (χ0n) is 46.5. The van der Waals surface area contributed by atoms with Crippen LogP contribution in [0.15, 0.2) is 119 Å². The first-order valence-corrected chi connectivity index (χ1v) is 30.1. The van der Waals surface area contributed by atoms with Gasteiger partial charge in [-0.25, -0.2) is 4.21 Å². The summed E-state index contributed by atoms with van der Waals surface area (Å²) in [6.45, 7) is 14.1. The molecular formula is C60H81N2O15S2+. The van der Waals surface area contributed by atoms with Crippen molar-refractivity contribution in [3.8, 4) is 0 Å². The number of carboxylic acid groups (broad SMARTS) is 1. The molecule has 3 atom stereocenters. The number of allylic oxidation sites excluding steroid dienone is 8. The number of carboxylic acids is 1. The molecule has 79 heavy (non-hydrogen) atoms. The van der Waals surface area contributed by atoms with Gasteiger partial charge in [-0.2, -0.15) is 13.0 Å². The minimum Gasteiger partial charge on any atom is -0.481 e. The summed E-state index contributed by atoms with van der Waals surface area (Å²) < 4.78 is 105. The van der Waals surface area contributed by atoms with E-state index in [1.807, 2.05) is 54.6 Å². The Balaban J connectivity index is 1.27. The molecule has 6 rings (SSSR count). The zero-order chi connectivity index (χ0) is 56.9. The second-order valence-electron chi connectivity index (χ2n) is 19.8. The SMILES string of the molecule is C=S(=O)(O)c1ccc2c3c(ccc2c1)[N+](CCCCCC(=O)O)=C(C=CC=CC=CC=C1N(CC)c2ccc4cc(S(=O)(=O)O)ccc4c2C1(C)CCOCCOCCOCCOC)C3(C)CCOCCOCCOCCOC. The molecule has 4 aromatic rings. The van der Waals surface area contributed by atoms with Gasteiger partial charge in [-0.15, -0.1) is 0 Å². The fourth-order valence-corrected chi connectivity index (χ4v) is 11.5. The molecule has 0 radical (unpaired) electrons. The van der Waals surface area contributed by atoms with E-state index in [4.69, 9.17) is 37.9 Å². The number of likely N-dealkylation sites (N-methyl/N-ethyl adjacent to an activating group) is 1. The number of methoxy groups -OCH3 is 2. The molecule has 0 bridgehead atoms. The number of nitrogens with zero attached hydrogens (tertiary/aromatic N) is 2. The summed E-state index contributed by atoms with van der Waals surface area (Å²) in [7, 11) is -4.62. The number of benzene rings is 4. The minimum absolute atomic E-state index is 0.104. The molecule has 2 aliphatic rings. The lowest BCUT2D eigenvalue weighted by Crippen LogP contribution is -2.33. The Bertz CT molecular complexity index is 3060. The molecule has 0 spiro atoms. The maximum absolute atomic E-state index is 12.7. The van der Waals surface area contributed by atoms with Crippen LogP contribution in [0, 0.1) is 0 Å². The predicted octanol–water partition coefficient (Wildman–Crippen LogP) is 9.31. The van der Waals surface area contributed by atoms with E-state index in [1.165, 1.54) is 12.1 Å². The first-order chi connectivity index (χ1) is 38.0. The number of hydrogen-bond donors (Lipinski definition) is 3. The number of carbonyl (C=O) groups is 1. The summed E-state index contributed by atoms with van der Waals surface area (Å²) >= 11 is 0. The summed E-state index contributed by atoms with van der Waals surface area (Å²) in [5, 5.41) is 12.7. The van der Waals surface area contributed by atoms with Crippen LogP contribution in [0.1, 0.15) is 70.4 Å². The standard InChI is InChI=1S/C60H80N2O15S2/c1-7-61-52-25-19-47-45-49(79(67,68)69)22-24-51(47)57(52)59(2,27-30-72-36-38-76-42-40-74-34-32-70-4)54(61)16-12-9-8-10-13-17-55-60(3,28-31-73-37-39-77-43-41-75-35-33-71-5)58-50-23-21-48(78(6,65)66)44-46(50)20-26-53(58)62(55)29-15-11-14-18-56(63)64/h8-10,12-13,16-17,19-26,44-45H,6-7,11,14-15,18,27-43H2,1-5H3,(H2-,63,64,65,66,67,68,69)/p+1. The van der Waals surface area contributed by atoms with Crippen LogP contribution in [-0.2, 0) is 73.4 Å². The van der Waals surface area contributed by atoms with E-state index in [1.54, 1.807) is 32.4 Å². The number of unbranched alkanes of at least 4 members (excludes halogenated alkanes) is 2. The number of aliphatic carboxylic acids is 1. The quantitative estimate of drug-likeness (QED) is 0.0126. The molecule has 432 valence electrons. The monoisotopic (exact) mass is 1130 g/mol. The summed E-state index contributed by atoms with van der Waals surface area (Å²) in [5.41, 5.74) is 5.10. The predicted molar refractivity (Wildman–Crippen MR) is 311 cm³/mol. The molecule has 0 aromatic heterocycles. The molecule has 4 aromatic carbocycles. The highest BCUT2D eigenvalue weighted by Crippen LogP contribution is 2.53. The molecule has 19 heteroatoms. The van der Waals surface area contributed by atoms with Crippen molar-refractivity contribution >= 4 is 70.4 Å². The van der Waals surface area contributed by atoms with Crippen LogP contribution in [0.3, 0.4) is 0 Å². The topological polar surface area (TPSA) is 209 Å². The average Bonchev–Trinajstić information content (AvgIpc) is 4.09. The molecule has 3 unspecified atom stereocenters. The third kappa shape index (κ3) is 17.0. The number of hydrogen-bond acceptors (Lipinski definition) is 13. The third-order valence-corrected chi connectivity index (χ3v) is 16.2. The van der Waals surface area contributed by atoms with Crippen LogP contribution in [-0.4, -0.2) is 169 Å². The Morgan fingerprint density at radius 1 is 0.620 bits per heavy atom. The van der Waals surface area contributed by atoms with Crippen molar-refractivity contribution in [2.24, 2.45) is 0 Å². The van der Waals surface area contributed by atoms with Crippen molar-refractivity contribution in [2.75, 3.05) is 125 Å². The van der Waals surface area contributed by atoms with Gasteiger partial charge in [0.15, 0.2) is 5.71 Å². The summed E-state index contributed by atoms with van der Waals surface area (Å²) in [6.07, 6.45) is 17.6. The van der Waals surface area contributed by atoms with E-state index >= 15 is 0 Å². The van der Waals surface area contributed by atoms with Gasteiger partial charge in [0.05, 0.1) is 94.5 Å². The Hall–Kier alpha value is -5.13. The molecule has 0 fully saturated rings. The summed E-state index contributed by atoms with van der Waals surface area (Å²) in [6, 6.07) is 18.0. The van der Waals surface area contributed by atoms with Crippen LogP contribution in [0.4, 0.5) is 11.4 Å². The molecular weight excluding hydrogens is 1050 g/mol. The van der Waals surface area contributed by atoms with Gasteiger partial charge in [-0.1, -0.05) is 48.6 Å². The molecule has 2 heterocycles. The number of rotatable bonds is 37. The van der Waals surface area contributed by atoms with Crippen LogP contribution >= 0.6 is 0 Å². The van der Waals surface area contributed by atoms with Crippen molar-refractivity contribution in [1.29, 1.82) is 0 Å². The Morgan fingerprint density at radius 3 is 1.68 bits per heavy atom. The molecule has 0 saturated heterocycles. The van der Waals surface area contributed by atoms with Gasteiger partial charge in [0.2, 0.25) is 5.69 Å². The van der Waals surface area contributed by atoms with E-state index < -0.39 is 36.7 Å². The molecule has 0 aliphatic carbocycles. The van der Waals surface area contributed by atoms with E-state index in [-0.39, 0.29) is 16.2 Å². The molecule has 3 N–H and O–H groups in total. The van der Waals surface area contributed by atoms with Crippen LogP contribution < -0.4 is 4.90 Å². The Kier molecular flexibility index (Phi) is 24.4. The van der Waals surface area contributed by atoms with Crippen molar-refractivity contribution in [1.82, 2.24) is 0 Å². The highest BCUT2D eigenvalue weighted by atomic mass is 32.2. The molecule has 0 saturated carbocycles. The zero-order valence-corrected chi connectivity index (χ0v) is 48.2. The summed E-state index contributed by atoms with van der Waals surface area (Å²) in [4.78, 5) is 13.8. The fourth-order valence-electron chi connectivity index (χ4n) is 10.4. The Labute approximate surface area is 467 Å². The molecule has 2 aliphatic heterocycles. The van der Waals surface area contributed by atoms with Gasteiger partial charge >= 0.3 is 5.97 Å². The van der Waals surface area contributed by atoms with Gasteiger partial charge in [-0.3, -0.25) is 9.35 Å². The van der Waals surface area contributed by atoms with Gasteiger partial charge in [0.25, 0.3) is 10.1 Å². The van der Waals surface area contributed by atoms with E-state index in [2.05, 4.69) is 54.3 Å². The maximum atomic E-state index is 12.7. The van der Waals surface area contributed by atoms with Gasteiger partial charge in [-0.05, 0) is 122 Å². The summed E-state index contributed by atoms with van der Waals surface area (Å²) in [5.74, 6) is 2.70. The average molecular weight is 1130 g/mol. The van der Waals surface area contributed by atoms with Gasteiger partial charge < -0.3 is 52.5 Å². The lowest BCUT2D eigenvalue weighted by molar-refractivity contribution is -0.438. The van der Waals surface area contributed by atoms with Gasteiger partial charge in [0.1, 0.15) is 16.3 Å². The van der Waals surface area contributed by atoms with Gasteiger partial charge in [0, 0.05) is 81.3 Å². The molecule has 17 nitrogen and oxygen atoms in total. The van der Waals surface area contributed by atoms with Crippen molar-refractivity contribution in [3.63, 3.8) is 0 Å². The van der Waals surface area contributed by atoms with Crippen LogP contribution in [0.2, 0.25) is 0 Å². The van der Waals surface area contributed by atoms with Crippen LogP contribution in [0.25, 0.3) is 21.5 Å². The second-order valence-corrected chi connectivity index (χ2v) is 23.0. The number of fused-ring (bicyclic) bond motifs is 6. The highest BCUT2D eigenvalue weighted by molar-refractivity contribution is 7.95. The lowest BCUT2D eigenvalue weighted by atomic mass is 9.75. The van der Waals surface area contributed by atoms with Crippen molar-refractivity contribution in [2.45, 2.75) is 79.9 Å². The normalized spacial score (nSPS) is 18.9. The lowest BCUT2D eigenvalue weighted by Gasteiger charge is -2.30. The first kappa shape index (κ1) is 63.1. The second kappa shape index (κ2) is 30.6.